The zero-order valence-electron chi connectivity index (χ0n) is 16.7. The van der Waals surface area contributed by atoms with Crippen molar-refractivity contribution in [3.63, 3.8) is 0 Å². The quantitative estimate of drug-likeness (QED) is 0.182. The SMILES string of the molecule is COc1cc(C=NNc2nc(-c3ccccc3)cs2)ccc1OC(=O)c1ccccc1. The van der Waals surface area contributed by atoms with E-state index < -0.39 is 5.97 Å². The van der Waals surface area contributed by atoms with E-state index in [2.05, 4.69) is 15.5 Å². The Labute approximate surface area is 183 Å². The molecule has 6 nitrogen and oxygen atoms in total. The number of benzene rings is 3. The van der Waals surface area contributed by atoms with Crippen LogP contribution in [0.1, 0.15) is 15.9 Å². The van der Waals surface area contributed by atoms with E-state index in [-0.39, 0.29) is 0 Å². The number of carbonyl (C=O) groups is 1. The summed E-state index contributed by atoms with van der Waals surface area (Å²) in [6, 6.07) is 24.0. The summed E-state index contributed by atoms with van der Waals surface area (Å²) < 4.78 is 10.8. The van der Waals surface area contributed by atoms with Crippen molar-refractivity contribution < 1.29 is 14.3 Å². The first-order valence-electron chi connectivity index (χ1n) is 9.48. The molecule has 4 aromatic rings. The number of carbonyl (C=O) groups excluding carboxylic acids is 1. The first-order chi connectivity index (χ1) is 15.2. The van der Waals surface area contributed by atoms with Crippen molar-refractivity contribution in [3.8, 4) is 22.8 Å². The number of rotatable bonds is 7. The Morgan fingerprint density at radius 2 is 1.74 bits per heavy atom. The number of hydrazone groups is 1. The van der Waals surface area contributed by atoms with Gasteiger partial charge in [0.15, 0.2) is 11.5 Å². The van der Waals surface area contributed by atoms with Crippen LogP contribution in [0.5, 0.6) is 11.5 Å². The van der Waals surface area contributed by atoms with Gasteiger partial charge in [-0.05, 0) is 35.9 Å². The smallest absolute Gasteiger partial charge is 0.343 e. The van der Waals surface area contributed by atoms with Gasteiger partial charge < -0.3 is 9.47 Å². The number of aromatic nitrogens is 1. The Morgan fingerprint density at radius 3 is 2.48 bits per heavy atom. The Hall–Kier alpha value is -3.97. The molecule has 0 bridgehead atoms. The molecule has 0 aliphatic heterocycles. The summed E-state index contributed by atoms with van der Waals surface area (Å²) in [5.41, 5.74) is 6.15. The minimum absolute atomic E-state index is 0.342. The number of nitrogens with one attached hydrogen (secondary N) is 1. The van der Waals surface area contributed by atoms with Crippen LogP contribution in [0.2, 0.25) is 0 Å². The van der Waals surface area contributed by atoms with Crippen LogP contribution in [0.3, 0.4) is 0 Å². The lowest BCUT2D eigenvalue weighted by atomic mass is 10.2. The Bertz CT molecular complexity index is 1190. The van der Waals surface area contributed by atoms with Gasteiger partial charge in [0.1, 0.15) is 0 Å². The fourth-order valence-electron chi connectivity index (χ4n) is 2.81. The molecule has 0 unspecified atom stereocenters. The molecule has 154 valence electrons. The summed E-state index contributed by atoms with van der Waals surface area (Å²) in [6.07, 6.45) is 1.65. The van der Waals surface area contributed by atoms with E-state index in [9.17, 15) is 4.79 Å². The summed E-state index contributed by atoms with van der Waals surface area (Å²) in [7, 11) is 1.52. The van der Waals surface area contributed by atoms with E-state index in [1.165, 1.54) is 18.4 Å². The normalized spacial score (nSPS) is 10.7. The average molecular weight is 430 g/mol. The lowest BCUT2D eigenvalue weighted by Crippen LogP contribution is -2.09. The molecule has 1 aromatic heterocycles. The predicted molar refractivity (Wildman–Crippen MR) is 123 cm³/mol. The van der Waals surface area contributed by atoms with Crippen LogP contribution < -0.4 is 14.9 Å². The van der Waals surface area contributed by atoms with E-state index in [1.54, 1.807) is 48.7 Å². The third-order valence-electron chi connectivity index (χ3n) is 4.35. The lowest BCUT2D eigenvalue weighted by Gasteiger charge is -2.09. The highest BCUT2D eigenvalue weighted by Gasteiger charge is 2.12. The number of thiazole rings is 1. The molecule has 0 aliphatic rings. The molecule has 1 N–H and O–H groups in total. The van der Waals surface area contributed by atoms with Gasteiger partial charge in [-0.3, -0.25) is 5.43 Å². The molecular weight excluding hydrogens is 410 g/mol. The second-order valence-corrected chi connectivity index (χ2v) is 7.30. The highest BCUT2D eigenvalue weighted by atomic mass is 32.1. The molecule has 31 heavy (non-hydrogen) atoms. The summed E-state index contributed by atoms with van der Waals surface area (Å²) in [4.78, 5) is 16.8. The zero-order valence-corrected chi connectivity index (χ0v) is 17.5. The third-order valence-corrected chi connectivity index (χ3v) is 5.09. The number of anilines is 1. The molecule has 4 rings (SSSR count). The van der Waals surface area contributed by atoms with Crippen molar-refractivity contribution in [2.75, 3.05) is 12.5 Å². The van der Waals surface area contributed by atoms with Crippen molar-refractivity contribution in [1.82, 2.24) is 4.98 Å². The van der Waals surface area contributed by atoms with E-state index in [4.69, 9.17) is 9.47 Å². The van der Waals surface area contributed by atoms with Gasteiger partial charge in [-0.2, -0.15) is 5.10 Å². The summed E-state index contributed by atoms with van der Waals surface area (Å²) in [5, 5.41) is 6.91. The second-order valence-electron chi connectivity index (χ2n) is 6.44. The van der Waals surface area contributed by atoms with Crippen LogP contribution >= 0.6 is 11.3 Å². The fourth-order valence-corrected chi connectivity index (χ4v) is 3.48. The monoisotopic (exact) mass is 429 g/mol. The Kier molecular flexibility index (Phi) is 6.35. The van der Waals surface area contributed by atoms with Crippen molar-refractivity contribution in [2.45, 2.75) is 0 Å². The topological polar surface area (TPSA) is 72.8 Å². The molecule has 0 fully saturated rings. The largest absolute Gasteiger partial charge is 0.493 e. The van der Waals surface area contributed by atoms with Gasteiger partial charge in [-0.15, -0.1) is 11.3 Å². The molecule has 7 heteroatoms. The number of methoxy groups -OCH3 is 1. The molecule has 0 saturated carbocycles. The van der Waals surface area contributed by atoms with Crippen molar-refractivity contribution in [2.24, 2.45) is 5.10 Å². The predicted octanol–water partition coefficient (Wildman–Crippen LogP) is 5.48. The van der Waals surface area contributed by atoms with Gasteiger partial charge in [0.25, 0.3) is 0 Å². The van der Waals surface area contributed by atoms with Gasteiger partial charge in [-0.25, -0.2) is 9.78 Å². The zero-order chi connectivity index (χ0) is 21.5. The molecule has 3 aromatic carbocycles. The van der Waals surface area contributed by atoms with Crippen LogP contribution in [0.15, 0.2) is 89.3 Å². The van der Waals surface area contributed by atoms with Crippen molar-refractivity contribution in [3.05, 3.63) is 95.4 Å². The average Bonchev–Trinajstić information content (AvgIpc) is 3.30. The maximum atomic E-state index is 12.3. The summed E-state index contributed by atoms with van der Waals surface area (Å²) in [5.74, 6) is 0.336. The molecule has 0 saturated heterocycles. The van der Waals surface area contributed by atoms with Crippen LogP contribution in [0, 0.1) is 0 Å². The van der Waals surface area contributed by atoms with Gasteiger partial charge in [-0.1, -0.05) is 48.5 Å². The van der Waals surface area contributed by atoms with Crippen molar-refractivity contribution in [1.29, 1.82) is 0 Å². The van der Waals surface area contributed by atoms with E-state index >= 15 is 0 Å². The number of hydrogen-bond acceptors (Lipinski definition) is 7. The maximum absolute atomic E-state index is 12.3. The first-order valence-corrected chi connectivity index (χ1v) is 10.4. The van der Waals surface area contributed by atoms with Crippen LogP contribution in [-0.2, 0) is 0 Å². The Morgan fingerprint density at radius 1 is 1.00 bits per heavy atom. The lowest BCUT2D eigenvalue weighted by molar-refractivity contribution is 0.0729. The van der Waals surface area contributed by atoms with E-state index in [1.807, 2.05) is 41.8 Å². The van der Waals surface area contributed by atoms with Crippen LogP contribution in [0.4, 0.5) is 5.13 Å². The highest BCUT2D eigenvalue weighted by molar-refractivity contribution is 7.14. The summed E-state index contributed by atoms with van der Waals surface area (Å²) in [6.45, 7) is 0. The van der Waals surface area contributed by atoms with E-state index in [0.717, 1.165) is 16.8 Å². The number of ether oxygens (including phenoxy) is 2. The number of hydrogen-bond donors (Lipinski definition) is 1. The number of esters is 1. The molecule has 0 amide bonds. The van der Waals surface area contributed by atoms with Gasteiger partial charge in [0, 0.05) is 10.9 Å². The second kappa shape index (κ2) is 9.69. The third kappa shape index (κ3) is 5.15. The molecular formula is C24H19N3O3S. The van der Waals surface area contributed by atoms with Gasteiger partial charge in [0.05, 0.1) is 24.6 Å². The van der Waals surface area contributed by atoms with Crippen LogP contribution in [-0.4, -0.2) is 24.3 Å². The molecule has 0 radical (unpaired) electrons. The standard InChI is InChI=1S/C24H19N3O3S/c1-29-22-14-17(12-13-21(22)30-23(28)19-10-6-3-7-11-19)15-25-27-24-26-20(16-31-24)18-8-4-2-5-9-18/h2-16H,1H3,(H,26,27). The van der Waals surface area contributed by atoms with Gasteiger partial charge >= 0.3 is 5.97 Å². The molecule has 1 heterocycles. The minimum atomic E-state index is -0.444. The fraction of sp³-hybridized carbons (Fsp3) is 0.0417. The van der Waals surface area contributed by atoms with Crippen LogP contribution in [0.25, 0.3) is 11.3 Å². The highest BCUT2D eigenvalue weighted by Crippen LogP contribution is 2.29. The molecule has 0 aliphatic carbocycles. The Balaban J connectivity index is 1.41. The van der Waals surface area contributed by atoms with E-state index in [0.29, 0.717) is 22.2 Å². The summed E-state index contributed by atoms with van der Waals surface area (Å²) >= 11 is 1.48. The van der Waals surface area contributed by atoms with Crippen molar-refractivity contribution >= 4 is 28.7 Å². The molecule has 0 spiro atoms. The maximum Gasteiger partial charge on any atom is 0.343 e. The minimum Gasteiger partial charge on any atom is -0.493 e. The molecule has 0 atom stereocenters. The van der Waals surface area contributed by atoms with Gasteiger partial charge in [0.2, 0.25) is 5.13 Å². The number of nitrogens with zero attached hydrogens (tertiary/aromatic N) is 2. The first kappa shape index (κ1) is 20.3.